The molecular formula is C21H33N3O5. The van der Waals surface area contributed by atoms with Crippen LogP contribution in [0.3, 0.4) is 0 Å². The van der Waals surface area contributed by atoms with Gasteiger partial charge in [0.2, 0.25) is 11.8 Å². The first-order valence-corrected chi connectivity index (χ1v) is 10.3. The summed E-state index contributed by atoms with van der Waals surface area (Å²) < 4.78 is 16.4. The topological polar surface area (TPSA) is 93.2 Å². The lowest BCUT2D eigenvalue weighted by Crippen LogP contribution is -2.66. The number of aliphatic hydroxyl groups excluding tert-OH is 1. The summed E-state index contributed by atoms with van der Waals surface area (Å²) in [6.07, 6.45) is 3.45. The molecule has 0 radical (unpaired) electrons. The predicted octanol–water partition coefficient (Wildman–Crippen LogP) is 1.12. The molecule has 2 aliphatic heterocycles. The lowest BCUT2D eigenvalue weighted by Gasteiger charge is -2.52. The maximum atomic E-state index is 12.0. The van der Waals surface area contributed by atoms with E-state index in [0.717, 1.165) is 38.0 Å². The van der Waals surface area contributed by atoms with Crippen molar-refractivity contribution in [3.05, 3.63) is 23.9 Å². The molecule has 0 bridgehead atoms. The maximum Gasteiger partial charge on any atom is 0.246 e. The molecule has 162 valence electrons. The van der Waals surface area contributed by atoms with Crippen molar-refractivity contribution >= 4 is 5.91 Å². The number of hydrogen-bond donors (Lipinski definition) is 2. The van der Waals surface area contributed by atoms with Gasteiger partial charge >= 0.3 is 0 Å². The third kappa shape index (κ3) is 5.45. The van der Waals surface area contributed by atoms with Gasteiger partial charge in [-0.25, -0.2) is 4.98 Å². The Morgan fingerprint density at radius 3 is 2.79 bits per heavy atom. The first-order valence-electron chi connectivity index (χ1n) is 10.3. The highest BCUT2D eigenvalue weighted by atomic mass is 16.5. The number of ether oxygens (including phenoxy) is 3. The summed E-state index contributed by atoms with van der Waals surface area (Å²) in [5.41, 5.74) is 0.123. The van der Waals surface area contributed by atoms with Crippen molar-refractivity contribution in [2.45, 2.75) is 56.9 Å². The van der Waals surface area contributed by atoms with Crippen molar-refractivity contribution in [3.63, 3.8) is 0 Å². The lowest BCUT2D eigenvalue weighted by molar-refractivity contribution is -0.182. The molecule has 1 aromatic heterocycles. The fourth-order valence-electron chi connectivity index (χ4n) is 4.33. The minimum absolute atomic E-state index is 0.0138. The molecule has 2 atom stereocenters. The van der Waals surface area contributed by atoms with E-state index < -0.39 is 11.6 Å². The van der Waals surface area contributed by atoms with E-state index >= 15 is 0 Å². The van der Waals surface area contributed by atoms with Crippen LogP contribution in [0.1, 0.15) is 38.7 Å². The average Bonchev–Trinajstić information content (AvgIpc) is 2.69. The number of piperidine rings is 1. The number of aliphatic hydroxyl groups is 1. The molecular weight excluding hydrogens is 374 g/mol. The van der Waals surface area contributed by atoms with Crippen LogP contribution < -0.4 is 10.1 Å². The summed E-state index contributed by atoms with van der Waals surface area (Å²) >= 11 is 0. The van der Waals surface area contributed by atoms with E-state index in [-0.39, 0.29) is 24.7 Å². The number of pyridine rings is 1. The number of methoxy groups -OCH3 is 1. The number of aromatic nitrogens is 1. The number of carbonyl (C=O) groups is 1. The Hall–Kier alpha value is -1.74. The maximum absolute atomic E-state index is 12.0. The van der Waals surface area contributed by atoms with Gasteiger partial charge in [-0.15, -0.1) is 0 Å². The van der Waals surface area contributed by atoms with Crippen LogP contribution in [0.25, 0.3) is 0 Å². The zero-order chi connectivity index (χ0) is 20.9. The van der Waals surface area contributed by atoms with Crippen LogP contribution in [-0.2, 0) is 20.8 Å². The van der Waals surface area contributed by atoms with Gasteiger partial charge < -0.3 is 24.6 Å². The van der Waals surface area contributed by atoms with Crippen molar-refractivity contribution in [1.82, 2.24) is 15.2 Å². The Kier molecular flexibility index (Phi) is 7.10. The van der Waals surface area contributed by atoms with E-state index in [1.54, 1.807) is 0 Å². The van der Waals surface area contributed by atoms with Crippen LogP contribution in [-0.4, -0.2) is 78.2 Å². The van der Waals surface area contributed by atoms with Crippen LogP contribution in [0.15, 0.2) is 18.3 Å². The minimum atomic E-state index is -0.734. The highest BCUT2D eigenvalue weighted by Gasteiger charge is 2.50. The van der Waals surface area contributed by atoms with E-state index in [4.69, 9.17) is 14.2 Å². The zero-order valence-electron chi connectivity index (χ0n) is 17.6. The number of rotatable bonds is 7. The Morgan fingerprint density at radius 2 is 2.17 bits per heavy atom. The van der Waals surface area contributed by atoms with Crippen LogP contribution in [0, 0.1) is 0 Å². The summed E-state index contributed by atoms with van der Waals surface area (Å²) in [7, 11) is 1.49. The lowest BCUT2D eigenvalue weighted by atomic mass is 9.74. The highest BCUT2D eigenvalue weighted by molar-refractivity contribution is 5.78. The monoisotopic (exact) mass is 407 g/mol. The predicted molar refractivity (Wildman–Crippen MR) is 108 cm³/mol. The second kappa shape index (κ2) is 9.38. The molecule has 1 spiro atoms. The standard InChI is InChI=1S/C21H33N3O5/c1-4-28-19-6-5-16(11-22-19)12-24-9-7-21(8-10-24)15-20(2,17(25)13-29-21)23-18(26)14-27-3/h5-6,11,17,25H,4,7-10,12-15H2,1-3H3,(H,23,26)/t17-,20-/m0/s1. The van der Waals surface area contributed by atoms with E-state index in [1.807, 2.05) is 26.1 Å². The summed E-state index contributed by atoms with van der Waals surface area (Å²) in [5, 5.41) is 13.4. The molecule has 1 amide bonds. The van der Waals surface area contributed by atoms with Crippen molar-refractivity contribution in [1.29, 1.82) is 0 Å². The Morgan fingerprint density at radius 1 is 1.41 bits per heavy atom. The molecule has 0 saturated carbocycles. The fraction of sp³-hybridized carbons (Fsp3) is 0.714. The third-order valence-electron chi connectivity index (χ3n) is 5.94. The molecule has 2 N–H and O–H groups in total. The molecule has 8 nitrogen and oxygen atoms in total. The molecule has 2 saturated heterocycles. The van der Waals surface area contributed by atoms with E-state index in [2.05, 4.69) is 21.3 Å². The number of amides is 1. The summed E-state index contributed by atoms with van der Waals surface area (Å²) in [5.74, 6) is 0.435. The average molecular weight is 408 g/mol. The smallest absolute Gasteiger partial charge is 0.246 e. The van der Waals surface area contributed by atoms with Crippen LogP contribution in [0.4, 0.5) is 0 Å². The van der Waals surface area contributed by atoms with Gasteiger partial charge in [-0.05, 0) is 32.3 Å². The van der Waals surface area contributed by atoms with Gasteiger partial charge in [0.25, 0.3) is 0 Å². The molecule has 2 fully saturated rings. The van der Waals surface area contributed by atoms with Gasteiger partial charge in [0.1, 0.15) is 12.7 Å². The Bertz CT molecular complexity index is 675. The first-order chi connectivity index (χ1) is 13.9. The van der Waals surface area contributed by atoms with Crippen molar-refractivity contribution in [2.24, 2.45) is 0 Å². The minimum Gasteiger partial charge on any atom is -0.478 e. The van der Waals surface area contributed by atoms with Gasteiger partial charge in [-0.1, -0.05) is 6.07 Å². The van der Waals surface area contributed by atoms with Crippen molar-refractivity contribution in [2.75, 3.05) is 40.0 Å². The Labute approximate surface area is 172 Å². The van der Waals surface area contributed by atoms with Gasteiger partial charge in [-0.2, -0.15) is 0 Å². The molecule has 3 rings (SSSR count). The molecule has 0 aromatic carbocycles. The molecule has 8 heteroatoms. The molecule has 29 heavy (non-hydrogen) atoms. The molecule has 3 heterocycles. The highest BCUT2D eigenvalue weighted by Crippen LogP contribution is 2.40. The van der Waals surface area contributed by atoms with Crippen LogP contribution in [0.5, 0.6) is 5.88 Å². The number of nitrogens with zero attached hydrogens (tertiary/aromatic N) is 2. The SMILES string of the molecule is CCOc1ccc(CN2CCC3(CC2)C[C@](C)(NC(=O)COC)[C@@H](O)CO3)cn1. The largest absolute Gasteiger partial charge is 0.478 e. The van der Waals surface area contributed by atoms with Gasteiger partial charge in [0.05, 0.1) is 24.4 Å². The molecule has 1 aromatic rings. The first kappa shape index (κ1) is 22.0. The Balaban J connectivity index is 1.56. The molecule has 2 aliphatic rings. The van der Waals surface area contributed by atoms with Gasteiger partial charge in [0, 0.05) is 45.4 Å². The van der Waals surface area contributed by atoms with Crippen LogP contribution in [0.2, 0.25) is 0 Å². The van der Waals surface area contributed by atoms with Crippen LogP contribution >= 0.6 is 0 Å². The fourth-order valence-corrected chi connectivity index (χ4v) is 4.33. The number of hydrogen-bond acceptors (Lipinski definition) is 7. The number of likely N-dealkylation sites (tertiary alicyclic amines) is 1. The van der Waals surface area contributed by atoms with E-state index in [1.165, 1.54) is 7.11 Å². The van der Waals surface area contributed by atoms with Gasteiger partial charge in [0.15, 0.2) is 0 Å². The summed E-state index contributed by atoms with van der Waals surface area (Å²) in [6.45, 7) is 7.29. The number of nitrogens with one attached hydrogen (secondary N) is 1. The number of carbonyl (C=O) groups excluding carboxylic acids is 1. The van der Waals surface area contributed by atoms with Gasteiger partial charge in [-0.3, -0.25) is 9.69 Å². The summed E-state index contributed by atoms with van der Waals surface area (Å²) in [6, 6.07) is 3.96. The van der Waals surface area contributed by atoms with E-state index in [9.17, 15) is 9.90 Å². The normalized spacial score (nSPS) is 27.0. The van der Waals surface area contributed by atoms with Crippen molar-refractivity contribution < 1.29 is 24.1 Å². The molecule has 0 unspecified atom stereocenters. The molecule has 0 aliphatic carbocycles. The quantitative estimate of drug-likeness (QED) is 0.700. The second-order valence-corrected chi connectivity index (χ2v) is 8.30. The summed E-state index contributed by atoms with van der Waals surface area (Å²) in [4.78, 5) is 18.8. The third-order valence-corrected chi connectivity index (χ3v) is 5.94. The van der Waals surface area contributed by atoms with Crippen molar-refractivity contribution in [3.8, 4) is 5.88 Å². The second-order valence-electron chi connectivity index (χ2n) is 8.30. The zero-order valence-corrected chi connectivity index (χ0v) is 17.6. The van der Waals surface area contributed by atoms with E-state index in [0.29, 0.717) is 18.9 Å².